The van der Waals surface area contributed by atoms with Crippen LogP contribution in [0.1, 0.15) is 17.3 Å². The van der Waals surface area contributed by atoms with Gasteiger partial charge in [0.05, 0.1) is 26.7 Å². The second-order valence-corrected chi connectivity index (χ2v) is 5.14. The summed E-state index contributed by atoms with van der Waals surface area (Å²) >= 11 is 0. The third-order valence-corrected chi connectivity index (χ3v) is 3.52. The van der Waals surface area contributed by atoms with E-state index in [1.807, 2.05) is 0 Å². The first-order valence-electron chi connectivity index (χ1n) is 7.58. The maximum atomic E-state index is 12.4. The molecule has 0 N–H and O–H groups in total. The average Bonchev–Trinajstić information content (AvgIpc) is 2.63. The molecule has 0 atom stereocenters. The zero-order valence-corrected chi connectivity index (χ0v) is 15.2. The van der Waals surface area contributed by atoms with Gasteiger partial charge in [-0.15, -0.1) is 0 Å². The van der Waals surface area contributed by atoms with Crippen molar-refractivity contribution in [3.63, 3.8) is 0 Å². The Morgan fingerprint density at radius 2 is 1.69 bits per heavy atom. The van der Waals surface area contributed by atoms with Crippen LogP contribution < -0.4 is 18.9 Å². The van der Waals surface area contributed by atoms with Crippen LogP contribution in [0.2, 0.25) is 0 Å². The summed E-state index contributed by atoms with van der Waals surface area (Å²) < 4.78 is 31.2. The van der Waals surface area contributed by atoms with Crippen molar-refractivity contribution in [1.82, 2.24) is 0 Å². The smallest absolute Gasteiger partial charge is 0.345 e. The molecule has 0 radical (unpaired) electrons. The Hall–Kier alpha value is -3.00. The summed E-state index contributed by atoms with van der Waals surface area (Å²) in [6.45, 7) is 1.11. The van der Waals surface area contributed by atoms with Gasteiger partial charge in [-0.25, -0.2) is 4.79 Å². The summed E-state index contributed by atoms with van der Waals surface area (Å²) in [6, 6.07) is 4.91. The molecule has 0 amide bonds. The lowest BCUT2D eigenvalue weighted by Gasteiger charge is -2.18. The van der Waals surface area contributed by atoms with Gasteiger partial charge in [0.25, 0.3) is 0 Å². The number of carbonyl (C=O) groups is 2. The van der Waals surface area contributed by atoms with Crippen molar-refractivity contribution >= 4 is 22.7 Å². The van der Waals surface area contributed by atoms with E-state index in [0.29, 0.717) is 22.3 Å². The highest BCUT2D eigenvalue weighted by atomic mass is 16.7. The van der Waals surface area contributed by atoms with Crippen molar-refractivity contribution < 1.29 is 38.0 Å². The molecule has 0 fully saturated rings. The molecule has 2 rings (SSSR count). The van der Waals surface area contributed by atoms with Crippen molar-refractivity contribution in [3.8, 4) is 23.0 Å². The van der Waals surface area contributed by atoms with Crippen LogP contribution in [0.4, 0.5) is 0 Å². The Morgan fingerprint density at radius 3 is 2.23 bits per heavy atom. The molecule has 0 unspecified atom stereocenters. The molecule has 140 valence electrons. The van der Waals surface area contributed by atoms with E-state index in [1.165, 1.54) is 35.4 Å². The van der Waals surface area contributed by atoms with Crippen molar-refractivity contribution in [2.75, 3.05) is 35.2 Å². The number of methoxy groups -OCH3 is 4. The molecular weight excluding hydrogens is 344 g/mol. The summed E-state index contributed by atoms with van der Waals surface area (Å²) in [4.78, 5) is 24.0. The van der Waals surface area contributed by atoms with Gasteiger partial charge < -0.3 is 28.4 Å². The number of benzene rings is 2. The predicted molar refractivity (Wildman–Crippen MR) is 92.2 cm³/mol. The summed E-state index contributed by atoms with van der Waals surface area (Å²) in [5, 5.41) is 0.991. The minimum atomic E-state index is -0.730. The molecule has 0 aliphatic rings. The molecule has 8 heteroatoms. The van der Waals surface area contributed by atoms with E-state index in [1.54, 1.807) is 18.2 Å². The van der Waals surface area contributed by atoms with E-state index in [2.05, 4.69) is 0 Å². The van der Waals surface area contributed by atoms with E-state index < -0.39 is 11.9 Å². The molecule has 26 heavy (non-hydrogen) atoms. The largest absolute Gasteiger partial charge is 0.497 e. The Bertz CT molecular complexity index is 828. The Labute approximate surface area is 150 Å². The van der Waals surface area contributed by atoms with Gasteiger partial charge in [0.2, 0.25) is 0 Å². The highest BCUT2D eigenvalue weighted by Crippen LogP contribution is 2.44. The quantitative estimate of drug-likeness (QED) is 0.421. The molecule has 8 nitrogen and oxygen atoms in total. The number of ether oxygens (including phenoxy) is 6. The third kappa shape index (κ3) is 3.80. The number of hydrogen-bond acceptors (Lipinski definition) is 8. The minimum Gasteiger partial charge on any atom is -0.497 e. The topological polar surface area (TPSA) is 89.5 Å². The van der Waals surface area contributed by atoms with E-state index >= 15 is 0 Å². The highest BCUT2D eigenvalue weighted by molar-refractivity contribution is 6.07. The molecule has 0 saturated carbocycles. The van der Waals surface area contributed by atoms with E-state index in [0.717, 1.165) is 0 Å². The lowest BCUT2D eigenvalue weighted by molar-refractivity contribution is -0.131. The van der Waals surface area contributed by atoms with Gasteiger partial charge in [-0.05, 0) is 17.5 Å². The molecule has 0 saturated heterocycles. The first kappa shape index (κ1) is 19.3. The lowest BCUT2D eigenvalue weighted by atomic mass is 10.0. The molecule has 0 aromatic heterocycles. The molecule has 2 aromatic carbocycles. The second-order valence-electron chi connectivity index (χ2n) is 5.14. The van der Waals surface area contributed by atoms with Gasteiger partial charge in [-0.3, -0.25) is 4.79 Å². The van der Waals surface area contributed by atoms with Gasteiger partial charge in [0, 0.05) is 20.1 Å². The first-order valence-corrected chi connectivity index (χ1v) is 7.58. The first-order chi connectivity index (χ1) is 12.5. The molecule has 0 bridgehead atoms. The van der Waals surface area contributed by atoms with Crippen LogP contribution in [-0.4, -0.2) is 47.2 Å². The summed E-state index contributed by atoms with van der Waals surface area (Å²) in [7, 11) is 5.63. The predicted octanol–water partition coefficient (Wildman–Crippen LogP) is 2.55. The maximum absolute atomic E-state index is 12.4. The monoisotopic (exact) mass is 364 g/mol. The van der Waals surface area contributed by atoms with Gasteiger partial charge >= 0.3 is 11.9 Å². The number of esters is 2. The normalized spacial score (nSPS) is 10.3. The van der Waals surface area contributed by atoms with E-state index in [9.17, 15) is 9.59 Å². The van der Waals surface area contributed by atoms with Crippen molar-refractivity contribution in [2.24, 2.45) is 0 Å². The molecule has 0 spiro atoms. The van der Waals surface area contributed by atoms with Crippen molar-refractivity contribution in [1.29, 1.82) is 0 Å². The van der Waals surface area contributed by atoms with Crippen molar-refractivity contribution in [2.45, 2.75) is 6.92 Å². The van der Waals surface area contributed by atoms with Gasteiger partial charge in [-0.1, -0.05) is 0 Å². The molecule has 0 aliphatic carbocycles. The molecule has 0 heterocycles. The summed E-state index contributed by atoms with van der Waals surface area (Å²) in [5.74, 6) is -0.346. The zero-order chi connectivity index (χ0) is 19.3. The van der Waals surface area contributed by atoms with Crippen LogP contribution in [0.5, 0.6) is 23.0 Å². The maximum Gasteiger partial charge on any atom is 0.345 e. The van der Waals surface area contributed by atoms with Crippen LogP contribution in [0.3, 0.4) is 0 Å². The highest BCUT2D eigenvalue weighted by Gasteiger charge is 2.27. The van der Waals surface area contributed by atoms with Crippen LogP contribution >= 0.6 is 0 Å². The van der Waals surface area contributed by atoms with Crippen LogP contribution in [0.15, 0.2) is 18.2 Å². The number of fused-ring (bicyclic) bond motifs is 1. The molecular formula is C18H20O8. The van der Waals surface area contributed by atoms with Crippen molar-refractivity contribution in [3.05, 3.63) is 23.8 Å². The Balaban J connectivity index is 2.92. The standard InChI is InChI=1S/C18H20O8/c1-10(19)26-17-15-11(6-12(22-3)8-13(15)23-4)7-14(25-9-21-2)16(17)18(20)24-5/h6-8H,9H2,1-5H3. The van der Waals surface area contributed by atoms with Gasteiger partial charge in [-0.2, -0.15) is 0 Å². The van der Waals surface area contributed by atoms with Crippen LogP contribution in [0.25, 0.3) is 10.8 Å². The Morgan fingerprint density at radius 1 is 0.962 bits per heavy atom. The van der Waals surface area contributed by atoms with Crippen LogP contribution in [-0.2, 0) is 14.3 Å². The lowest BCUT2D eigenvalue weighted by Crippen LogP contribution is -2.13. The van der Waals surface area contributed by atoms with E-state index in [-0.39, 0.29) is 23.9 Å². The SMILES string of the molecule is COCOc1cc2cc(OC)cc(OC)c2c(OC(C)=O)c1C(=O)OC. The number of rotatable bonds is 7. The fraction of sp³-hybridized carbons (Fsp3) is 0.333. The number of hydrogen-bond donors (Lipinski definition) is 0. The summed E-state index contributed by atoms with van der Waals surface area (Å²) in [5.41, 5.74) is -0.0456. The Kier molecular flexibility index (Phi) is 6.24. The number of carbonyl (C=O) groups excluding carboxylic acids is 2. The average molecular weight is 364 g/mol. The minimum absolute atomic E-state index is 0.0209. The van der Waals surface area contributed by atoms with E-state index in [4.69, 9.17) is 28.4 Å². The van der Waals surface area contributed by atoms with Crippen LogP contribution in [0, 0.1) is 0 Å². The molecule has 0 aliphatic heterocycles. The van der Waals surface area contributed by atoms with Gasteiger partial charge in [0.1, 0.15) is 22.8 Å². The molecule has 2 aromatic rings. The second kappa shape index (κ2) is 8.39. The zero-order valence-electron chi connectivity index (χ0n) is 15.2. The third-order valence-electron chi connectivity index (χ3n) is 3.52. The fourth-order valence-corrected chi connectivity index (χ4v) is 2.47. The van der Waals surface area contributed by atoms with Gasteiger partial charge in [0.15, 0.2) is 12.5 Å². The fourth-order valence-electron chi connectivity index (χ4n) is 2.47. The summed E-state index contributed by atoms with van der Waals surface area (Å²) in [6.07, 6.45) is 0.